The van der Waals surface area contributed by atoms with Crippen LogP contribution < -0.4 is 0 Å². The maximum atomic E-state index is 11.5. The average Bonchev–Trinajstić information content (AvgIpc) is 3.56. The van der Waals surface area contributed by atoms with E-state index in [2.05, 4.69) is 86.1 Å². The number of nitro groups is 1. The average molecular weight is 499 g/mol. The first-order chi connectivity index (χ1) is 18.2. The van der Waals surface area contributed by atoms with E-state index in [1.165, 1.54) is 17.2 Å². The molecule has 7 aromatic rings. The Morgan fingerprint density at radius 2 is 1.32 bits per heavy atom. The van der Waals surface area contributed by atoms with Gasteiger partial charge in [-0.2, -0.15) is 8.75 Å². The summed E-state index contributed by atoms with van der Waals surface area (Å²) in [6.07, 6.45) is 0. The predicted octanol–water partition coefficient (Wildman–Crippen LogP) is 8.03. The fourth-order valence-electron chi connectivity index (χ4n) is 5.09. The van der Waals surface area contributed by atoms with E-state index >= 15 is 0 Å². The van der Waals surface area contributed by atoms with E-state index < -0.39 is 4.92 Å². The molecule has 0 amide bonds. The number of non-ortho nitro benzene ring substituents is 1. The molecule has 6 nitrogen and oxygen atoms in total. The van der Waals surface area contributed by atoms with Crippen molar-refractivity contribution in [3.05, 3.63) is 119 Å². The topological polar surface area (TPSA) is 73.8 Å². The lowest BCUT2D eigenvalue weighted by molar-refractivity contribution is -0.383. The molecule has 0 aliphatic rings. The molecule has 5 aromatic carbocycles. The van der Waals surface area contributed by atoms with Gasteiger partial charge >= 0.3 is 0 Å². The molecule has 176 valence electrons. The van der Waals surface area contributed by atoms with Crippen molar-refractivity contribution in [3.63, 3.8) is 0 Å². The van der Waals surface area contributed by atoms with Gasteiger partial charge in [0.25, 0.3) is 5.69 Å². The van der Waals surface area contributed by atoms with Crippen LogP contribution in [0.5, 0.6) is 0 Å². The van der Waals surface area contributed by atoms with Gasteiger partial charge in [0.15, 0.2) is 5.52 Å². The van der Waals surface area contributed by atoms with Crippen molar-refractivity contribution in [2.75, 3.05) is 0 Å². The molecule has 0 unspecified atom stereocenters. The van der Waals surface area contributed by atoms with Gasteiger partial charge in [-0.15, -0.1) is 0 Å². The van der Waals surface area contributed by atoms with Crippen LogP contribution in [0.2, 0.25) is 0 Å². The van der Waals surface area contributed by atoms with Crippen LogP contribution in [0.15, 0.2) is 109 Å². The van der Waals surface area contributed by atoms with Gasteiger partial charge in [-0.3, -0.25) is 10.1 Å². The quantitative estimate of drug-likeness (QED) is 0.182. The lowest BCUT2D eigenvalue weighted by Gasteiger charge is -2.10. The van der Waals surface area contributed by atoms with Gasteiger partial charge in [0.05, 0.1) is 27.7 Å². The molecule has 0 spiro atoms. The first-order valence-electron chi connectivity index (χ1n) is 11.8. The highest BCUT2D eigenvalue weighted by Gasteiger charge is 2.20. The predicted molar refractivity (Wildman–Crippen MR) is 149 cm³/mol. The normalized spacial score (nSPS) is 11.5. The third kappa shape index (κ3) is 3.40. The highest BCUT2D eigenvalue weighted by Crippen LogP contribution is 2.38. The zero-order valence-corrected chi connectivity index (χ0v) is 20.2. The minimum atomic E-state index is -0.409. The Labute approximate surface area is 215 Å². The van der Waals surface area contributed by atoms with E-state index in [0.29, 0.717) is 11.0 Å². The molecule has 0 N–H and O–H groups in total. The molecule has 0 fully saturated rings. The molecule has 2 heterocycles. The fourth-order valence-corrected chi connectivity index (χ4v) is 5.65. The maximum Gasteiger partial charge on any atom is 0.298 e. The van der Waals surface area contributed by atoms with Gasteiger partial charge in [-0.1, -0.05) is 66.7 Å². The Balaban J connectivity index is 1.41. The minimum absolute atomic E-state index is 0.0240. The van der Waals surface area contributed by atoms with Crippen molar-refractivity contribution in [1.29, 1.82) is 0 Å². The number of fused-ring (bicyclic) bond motifs is 4. The van der Waals surface area contributed by atoms with Gasteiger partial charge in [0.2, 0.25) is 0 Å². The Morgan fingerprint density at radius 3 is 2.14 bits per heavy atom. The number of nitro benzene ring substituents is 1. The van der Waals surface area contributed by atoms with Crippen LogP contribution in [0.1, 0.15) is 0 Å². The second kappa shape index (κ2) is 8.36. The third-order valence-electron chi connectivity index (χ3n) is 6.81. The molecule has 0 saturated carbocycles. The molecule has 37 heavy (non-hydrogen) atoms. The molecule has 0 aliphatic carbocycles. The summed E-state index contributed by atoms with van der Waals surface area (Å²) in [4.78, 5) is 11.1. The largest absolute Gasteiger partial charge is 0.309 e. The van der Waals surface area contributed by atoms with Gasteiger partial charge in [0.1, 0.15) is 5.52 Å². The summed E-state index contributed by atoms with van der Waals surface area (Å²) >= 11 is 0.992. The second-order valence-electron chi connectivity index (χ2n) is 8.85. The van der Waals surface area contributed by atoms with E-state index in [9.17, 15) is 10.1 Å². The number of rotatable bonds is 4. The maximum absolute atomic E-state index is 11.5. The van der Waals surface area contributed by atoms with Crippen LogP contribution >= 0.6 is 11.7 Å². The molecule has 7 heteroatoms. The SMILES string of the molecule is O=[N+]([O-])c1ccc(-c2ccc3c(c2)c2ccccc2n3-c2ccc(-c3ccccc3)cc2)c2nsnc12. The zero-order chi connectivity index (χ0) is 24.9. The van der Waals surface area contributed by atoms with Crippen molar-refractivity contribution >= 4 is 50.3 Å². The zero-order valence-electron chi connectivity index (χ0n) is 19.4. The number of para-hydroxylation sites is 1. The van der Waals surface area contributed by atoms with Crippen molar-refractivity contribution in [3.8, 4) is 27.9 Å². The van der Waals surface area contributed by atoms with Crippen LogP contribution in [-0.2, 0) is 0 Å². The van der Waals surface area contributed by atoms with Gasteiger partial charge in [0, 0.05) is 28.1 Å². The van der Waals surface area contributed by atoms with E-state index in [0.717, 1.165) is 50.3 Å². The van der Waals surface area contributed by atoms with E-state index in [4.69, 9.17) is 0 Å². The van der Waals surface area contributed by atoms with Crippen molar-refractivity contribution in [1.82, 2.24) is 13.3 Å². The summed E-state index contributed by atoms with van der Waals surface area (Å²) in [5.74, 6) is 0. The summed E-state index contributed by atoms with van der Waals surface area (Å²) < 4.78 is 10.9. The molecule has 7 rings (SSSR count). The van der Waals surface area contributed by atoms with Gasteiger partial charge in [-0.05, 0) is 53.1 Å². The fraction of sp³-hybridized carbons (Fsp3) is 0. The summed E-state index contributed by atoms with van der Waals surface area (Å²) in [5, 5.41) is 13.7. The molecular weight excluding hydrogens is 480 g/mol. The van der Waals surface area contributed by atoms with Gasteiger partial charge < -0.3 is 4.57 Å². The molecule has 0 saturated heterocycles. The third-order valence-corrected chi connectivity index (χ3v) is 7.34. The molecule has 0 radical (unpaired) electrons. The summed E-state index contributed by atoms with van der Waals surface area (Å²) in [6, 6.07) is 36.9. The molecule has 2 aromatic heterocycles. The van der Waals surface area contributed by atoms with Crippen molar-refractivity contribution < 1.29 is 4.92 Å². The van der Waals surface area contributed by atoms with E-state index in [-0.39, 0.29) is 5.69 Å². The number of benzene rings is 5. The first kappa shape index (κ1) is 21.4. The molecule has 0 atom stereocenters. The second-order valence-corrected chi connectivity index (χ2v) is 9.38. The monoisotopic (exact) mass is 498 g/mol. The standard InChI is InChI=1S/C30H18N4O2S/c35-34(36)28-17-15-23(29-30(28)32-37-31-29)21-12-16-27-25(18-21)24-8-4-5-9-26(24)33(27)22-13-10-20(11-14-22)19-6-2-1-3-7-19/h1-18H. The highest BCUT2D eigenvalue weighted by molar-refractivity contribution is 7.00. The summed E-state index contributed by atoms with van der Waals surface area (Å²) in [7, 11) is 0. The number of nitrogens with zero attached hydrogens (tertiary/aromatic N) is 4. The van der Waals surface area contributed by atoms with Crippen LogP contribution in [0.3, 0.4) is 0 Å². The first-order valence-corrected chi connectivity index (χ1v) is 12.5. The van der Waals surface area contributed by atoms with Crippen molar-refractivity contribution in [2.45, 2.75) is 0 Å². The van der Waals surface area contributed by atoms with Crippen LogP contribution in [0, 0.1) is 10.1 Å². The Hall–Kier alpha value is -4.88. The van der Waals surface area contributed by atoms with Crippen LogP contribution in [-0.4, -0.2) is 18.2 Å². The Bertz CT molecular complexity index is 1960. The molecular formula is C30H18N4O2S. The number of aromatic nitrogens is 3. The molecule has 0 aliphatic heterocycles. The number of hydrogen-bond acceptors (Lipinski definition) is 5. The van der Waals surface area contributed by atoms with E-state index in [1.807, 2.05) is 24.3 Å². The lowest BCUT2D eigenvalue weighted by atomic mass is 10.0. The summed E-state index contributed by atoms with van der Waals surface area (Å²) in [5.41, 5.74) is 8.29. The number of hydrogen-bond donors (Lipinski definition) is 0. The minimum Gasteiger partial charge on any atom is -0.309 e. The smallest absolute Gasteiger partial charge is 0.298 e. The molecule has 0 bridgehead atoms. The Morgan fingerprint density at radius 1 is 0.649 bits per heavy atom. The van der Waals surface area contributed by atoms with Gasteiger partial charge in [-0.25, -0.2) is 0 Å². The summed E-state index contributed by atoms with van der Waals surface area (Å²) in [6.45, 7) is 0. The Kier molecular flexibility index (Phi) is 4.84. The van der Waals surface area contributed by atoms with Crippen LogP contribution in [0.4, 0.5) is 5.69 Å². The highest BCUT2D eigenvalue weighted by atomic mass is 32.1. The lowest BCUT2D eigenvalue weighted by Crippen LogP contribution is -1.94. The van der Waals surface area contributed by atoms with E-state index in [1.54, 1.807) is 6.07 Å². The van der Waals surface area contributed by atoms with Crippen molar-refractivity contribution in [2.24, 2.45) is 0 Å². The van der Waals surface area contributed by atoms with Crippen LogP contribution in [0.25, 0.3) is 60.8 Å².